The number of rotatable bonds is 5. The van der Waals surface area contributed by atoms with Crippen molar-refractivity contribution >= 4 is 17.5 Å². The number of urea groups is 1. The molecule has 4 rings (SSSR count). The van der Waals surface area contributed by atoms with Gasteiger partial charge in [0.1, 0.15) is 0 Å². The summed E-state index contributed by atoms with van der Waals surface area (Å²) < 4.78 is 0. The summed E-state index contributed by atoms with van der Waals surface area (Å²) in [5, 5.41) is 14.7. The van der Waals surface area contributed by atoms with E-state index < -0.39 is 0 Å². The zero-order valence-electron chi connectivity index (χ0n) is 18.1. The van der Waals surface area contributed by atoms with Gasteiger partial charge in [0.05, 0.1) is 5.69 Å². The molecule has 0 aliphatic carbocycles. The van der Waals surface area contributed by atoms with Crippen molar-refractivity contribution in [3.8, 4) is 11.3 Å². The second-order valence-electron chi connectivity index (χ2n) is 8.32. The third-order valence-electron chi connectivity index (χ3n) is 5.75. The lowest BCUT2D eigenvalue weighted by Crippen LogP contribution is -2.33. The predicted molar refractivity (Wildman–Crippen MR) is 125 cm³/mol. The van der Waals surface area contributed by atoms with Gasteiger partial charge >= 0.3 is 6.03 Å². The molecule has 1 aliphatic rings. The molecule has 6 heteroatoms. The third kappa shape index (κ3) is 5.60. The standard InChI is InChI=1S/C25H29N5O/c1-18-6-8-20(9-7-18)17-26-25(31)27-22-5-3-4-21(16-22)23-10-11-24(29-28-23)30-14-12-19(2)13-15-30/h3-11,16,19H,12-15,17H2,1-2H3,(H2,26,27,31). The highest BCUT2D eigenvalue weighted by atomic mass is 16.2. The molecule has 1 aliphatic heterocycles. The molecule has 160 valence electrons. The molecule has 6 nitrogen and oxygen atoms in total. The summed E-state index contributed by atoms with van der Waals surface area (Å²) >= 11 is 0. The number of anilines is 2. The highest BCUT2D eigenvalue weighted by Gasteiger charge is 2.17. The molecule has 31 heavy (non-hydrogen) atoms. The van der Waals surface area contributed by atoms with Crippen molar-refractivity contribution < 1.29 is 4.79 Å². The van der Waals surface area contributed by atoms with Crippen LogP contribution in [0.3, 0.4) is 0 Å². The fourth-order valence-electron chi connectivity index (χ4n) is 3.71. The van der Waals surface area contributed by atoms with Gasteiger partial charge in [0.15, 0.2) is 5.82 Å². The van der Waals surface area contributed by atoms with Crippen LogP contribution in [-0.4, -0.2) is 29.3 Å². The highest BCUT2D eigenvalue weighted by molar-refractivity contribution is 5.90. The number of piperidine rings is 1. The number of nitrogens with zero attached hydrogens (tertiary/aromatic N) is 3. The Morgan fingerprint density at radius 2 is 1.81 bits per heavy atom. The first-order chi connectivity index (χ1) is 15.1. The van der Waals surface area contributed by atoms with Gasteiger partial charge in [-0.2, -0.15) is 0 Å². The average Bonchev–Trinajstić information content (AvgIpc) is 2.80. The van der Waals surface area contributed by atoms with Crippen LogP contribution in [0.4, 0.5) is 16.3 Å². The minimum Gasteiger partial charge on any atom is -0.355 e. The Labute approximate surface area is 183 Å². The van der Waals surface area contributed by atoms with Crippen molar-refractivity contribution in [2.45, 2.75) is 33.2 Å². The molecule has 1 saturated heterocycles. The number of benzene rings is 2. The first-order valence-electron chi connectivity index (χ1n) is 10.9. The lowest BCUT2D eigenvalue weighted by atomic mass is 9.99. The molecule has 1 aromatic heterocycles. The van der Waals surface area contributed by atoms with Crippen LogP contribution in [0.2, 0.25) is 0 Å². The Kier molecular flexibility index (Phi) is 6.46. The van der Waals surface area contributed by atoms with Crippen molar-refractivity contribution in [3.63, 3.8) is 0 Å². The maximum absolute atomic E-state index is 12.3. The minimum absolute atomic E-state index is 0.238. The molecule has 0 atom stereocenters. The van der Waals surface area contributed by atoms with Crippen molar-refractivity contribution in [1.29, 1.82) is 0 Å². The summed E-state index contributed by atoms with van der Waals surface area (Å²) in [5.74, 6) is 1.72. The fourth-order valence-corrected chi connectivity index (χ4v) is 3.71. The monoisotopic (exact) mass is 415 g/mol. The van der Waals surface area contributed by atoms with Gasteiger partial charge < -0.3 is 15.5 Å². The third-order valence-corrected chi connectivity index (χ3v) is 5.75. The second kappa shape index (κ2) is 9.60. The molecule has 0 spiro atoms. The van der Waals surface area contributed by atoms with Crippen LogP contribution in [0.1, 0.15) is 30.9 Å². The number of carbonyl (C=O) groups excluding carboxylic acids is 1. The topological polar surface area (TPSA) is 70.2 Å². The van der Waals surface area contributed by atoms with E-state index >= 15 is 0 Å². The van der Waals surface area contributed by atoms with E-state index in [-0.39, 0.29) is 6.03 Å². The molecule has 0 unspecified atom stereocenters. The van der Waals surface area contributed by atoms with Crippen LogP contribution in [0, 0.1) is 12.8 Å². The quantitative estimate of drug-likeness (QED) is 0.615. The Bertz CT molecular complexity index is 1010. The van der Waals surface area contributed by atoms with E-state index in [9.17, 15) is 4.79 Å². The summed E-state index contributed by atoms with van der Waals surface area (Å²) in [5.41, 5.74) is 4.69. The molecular formula is C25H29N5O. The molecule has 0 bridgehead atoms. The Balaban J connectivity index is 1.36. The number of aromatic nitrogens is 2. The van der Waals surface area contributed by atoms with Gasteiger partial charge in [0.25, 0.3) is 0 Å². The van der Waals surface area contributed by atoms with Crippen molar-refractivity contribution in [2.75, 3.05) is 23.3 Å². The van der Waals surface area contributed by atoms with E-state index in [0.29, 0.717) is 6.54 Å². The Morgan fingerprint density at radius 1 is 1.03 bits per heavy atom. The summed E-state index contributed by atoms with van der Waals surface area (Å²) in [4.78, 5) is 14.6. The first kappa shape index (κ1) is 20.8. The number of carbonyl (C=O) groups is 1. The van der Waals surface area contributed by atoms with Crippen molar-refractivity contribution in [3.05, 3.63) is 71.8 Å². The molecule has 0 saturated carbocycles. The zero-order chi connectivity index (χ0) is 21.6. The summed E-state index contributed by atoms with van der Waals surface area (Å²) in [6.07, 6.45) is 2.40. The van der Waals surface area contributed by atoms with Crippen LogP contribution in [0.25, 0.3) is 11.3 Å². The van der Waals surface area contributed by atoms with Crippen LogP contribution in [-0.2, 0) is 6.54 Å². The highest BCUT2D eigenvalue weighted by Crippen LogP contribution is 2.24. The zero-order valence-corrected chi connectivity index (χ0v) is 18.1. The lowest BCUT2D eigenvalue weighted by molar-refractivity contribution is 0.251. The molecular weight excluding hydrogens is 386 g/mol. The van der Waals surface area contributed by atoms with E-state index in [1.165, 1.54) is 18.4 Å². The van der Waals surface area contributed by atoms with E-state index in [1.807, 2.05) is 67.6 Å². The molecule has 0 radical (unpaired) electrons. The smallest absolute Gasteiger partial charge is 0.319 e. The number of nitrogens with one attached hydrogen (secondary N) is 2. The molecule has 2 N–H and O–H groups in total. The average molecular weight is 416 g/mol. The van der Waals surface area contributed by atoms with Crippen molar-refractivity contribution in [1.82, 2.24) is 15.5 Å². The predicted octanol–water partition coefficient (Wildman–Crippen LogP) is 5.01. The largest absolute Gasteiger partial charge is 0.355 e. The van der Waals surface area contributed by atoms with Crippen LogP contribution < -0.4 is 15.5 Å². The van der Waals surface area contributed by atoms with Gasteiger partial charge in [-0.25, -0.2) is 4.79 Å². The van der Waals surface area contributed by atoms with Crippen LogP contribution in [0.15, 0.2) is 60.7 Å². The van der Waals surface area contributed by atoms with Crippen LogP contribution in [0.5, 0.6) is 0 Å². The first-order valence-corrected chi connectivity index (χ1v) is 10.9. The van der Waals surface area contributed by atoms with E-state index in [2.05, 4.69) is 32.7 Å². The number of aryl methyl sites for hydroxylation is 1. The van der Waals surface area contributed by atoms with E-state index in [0.717, 1.165) is 47.3 Å². The van der Waals surface area contributed by atoms with Gasteiger partial charge in [-0.1, -0.05) is 48.9 Å². The maximum atomic E-state index is 12.3. The SMILES string of the molecule is Cc1ccc(CNC(=O)Nc2cccc(-c3ccc(N4CCC(C)CC4)nn3)c2)cc1. The molecule has 2 aromatic carbocycles. The molecule has 2 amide bonds. The number of hydrogen-bond donors (Lipinski definition) is 2. The van der Waals surface area contributed by atoms with E-state index in [4.69, 9.17) is 0 Å². The molecule has 2 heterocycles. The van der Waals surface area contributed by atoms with E-state index in [1.54, 1.807) is 0 Å². The summed E-state index contributed by atoms with van der Waals surface area (Å²) in [7, 11) is 0. The minimum atomic E-state index is -0.238. The van der Waals surface area contributed by atoms with Gasteiger partial charge in [-0.05, 0) is 55.5 Å². The van der Waals surface area contributed by atoms with Crippen LogP contribution >= 0.6 is 0 Å². The van der Waals surface area contributed by atoms with Gasteiger partial charge in [0.2, 0.25) is 0 Å². The van der Waals surface area contributed by atoms with Gasteiger partial charge in [0, 0.05) is 30.9 Å². The molecule has 3 aromatic rings. The van der Waals surface area contributed by atoms with Gasteiger partial charge in [-0.3, -0.25) is 0 Å². The normalized spacial score (nSPS) is 14.3. The lowest BCUT2D eigenvalue weighted by Gasteiger charge is -2.30. The fraction of sp³-hybridized carbons (Fsp3) is 0.320. The number of amides is 2. The Morgan fingerprint density at radius 3 is 2.52 bits per heavy atom. The number of hydrogen-bond acceptors (Lipinski definition) is 4. The summed E-state index contributed by atoms with van der Waals surface area (Å²) in [6, 6.07) is 19.6. The maximum Gasteiger partial charge on any atom is 0.319 e. The van der Waals surface area contributed by atoms with Gasteiger partial charge in [-0.15, -0.1) is 10.2 Å². The summed E-state index contributed by atoms with van der Waals surface area (Å²) in [6.45, 7) is 6.89. The molecule has 1 fully saturated rings. The van der Waals surface area contributed by atoms with Crippen molar-refractivity contribution in [2.24, 2.45) is 5.92 Å². The second-order valence-corrected chi connectivity index (χ2v) is 8.32. The Hall–Kier alpha value is -3.41.